The smallest absolute Gasteiger partial charge is 0.339 e. The lowest BCUT2D eigenvalue weighted by molar-refractivity contribution is 0.0553. The van der Waals surface area contributed by atoms with Crippen LogP contribution in [0.15, 0.2) is 65.3 Å². The van der Waals surface area contributed by atoms with E-state index in [1.165, 1.54) is 12.7 Å². The highest BCUT2D eigenvalue weighted by molar-refractivity contribution is 9.10. The Morgan fingerprint density at radius 2 is 1.90 bits per heavy atom. The predicted molar refractivity (Wildman–Crippen MR) is 124 cm³/mol. The summed E-state index contributed by atoms with van der Waals surface area (Å²) in [4.78, 5) is 17.0. The lowest BCUT2D eigenvalue weighted by atomic mass is 9.86. The monoisotopic (exact) mass is 478 g/mol. The predicted octanol–water partition coefficient (Wildman–Crippen LogP) is 5.75. The number of aromatic nitrogens is 2. The van der Waals surface area contributed by atoms with E-state index in [0.717, 1.165) is 52.5 Å². The number of carbonyl (C=O) groups is 1. The van der Waals surface area contributed by atoms with Crippen LogP contribution in [0.3, 0.4) is 0 Å². The number of pyridine rings is 1. The minimum atomic E-state index is -0.380. The molecule has 0 amide bonds. The van der Waals surface area contributed by atoms with Crippen LogP contribution in [0, 0.1) is 5.92 Å². The van der Waals surface area contributed by atoms with Gasteiger partial charge in [0, 0.05) is 29.3 Å². The summed E-state index contributed by atoms with van der Waals surface area (Å²) in [5.41, 5.74) is 4.63. The van der Waals surface area contributed by atoms with Crippen molar-refractivity contribution >= 4 is 43.8 Å². The van der Waals surface area contributed by atoms with Gasteiger partial charge in [-0.3, -0.25) is 4.98 Å². The molecule has 6 heteroatoms. The van der Waals surface area contributed by atoms with E-state index in [4.69, 9.17) is 9.47 Å². The zero-order valence-corrected chi connectivity index (χ0v) is 18.8. The number of hydrogen-bond donors (Lipinski definition) is 0. The second kappa shape index (κ2) is 8.44. The van der Waals surface area contributed by atoms with Gasteiger partial charge in [0.05, 0.1) is 35.3 Å². The van der Waals surface area contributed by atoms with Gasteiger partial charge in [0.25, 0.3) is 0 Å². The zero-order chi connectivity index (χ0) is 21.4. The third-order valence-corrected chi connectivity index (χ3v) is 6.65. The van der Waals surface area contributed by atoms with Crippen molar-refractivity contribution in [3.8, 4) is 0 Å². The SMILES string of the molecule is COC(=O)c1cnc2c3ccc(Br)cc3n([C@H](c3ccccc3)C3CCOCC3)c2c1. The molecule has 0 radical (unpaired) electrons. The third kappa shape index (κ3) is 3.64. The number of carbonyl (C=O) groups excluding carboxylic acids is 1. The highest BCUT2D eigenvalue weighted by Crippen LogP contribution is 2.41. The summed E-state index contributed by atoms with van der Waals surface area (Å²) >= 11 is 3.65. The highest BCUT2D eigenvalue weighted by Gasteiger charge is 2.30. The summed E-state index contributed by atoms with van der Waals surface area (Å²) in [6.45, 7) is 1.53. The summed E-state index contributed by atoms with van der Waals surface area (Å²) in [6, 6.07) is 18.9. The Kier molecular flexibility index (Phi) is 5.50. The summed E-state index contributed by atoms with van der Waals surface area (Å²) in [6.07, 6.45) is 3.57. The Morgan fingerprint density at radius 3 is 2.65 bits per heavy atom. The Labute approximate surface area is 189 Å². The summed E-state index contributed by atoms with van der Waals surface area (Å²) < 4.78 is 14.0. The second-order valence-electron chi connectivity index (χ2n) is 7.92. The van der Waals surface area contributed by atoms with Crippen LogP contribution in [0.1, 0.15) is 34.8 Å². The van der Waals surface area contributed by atoms with Crippen LogP contribution in [0.4, 0.5) is 0 Å². The normalized spacial score (nSPS) is 15.9. The van der Waals surface area contributed by atoms with Gasteiger partial charge < -0.3 is 14.0 Å². The van der Waals surface area contributed by atoms with E-state index in [-0.39, 0.29) is 12.0 Å². The van der Waals surface area contributed by atoms with Gasteiger partial charge in [0.15, 0.2) is 0 Å². The Bertz CT molecular complexity index is 1250. The molecule has 1 fully saturated rings. The molecule has 0 bridgehead atoms. The first kappa shape index (κ1) is 20.2. The molecule has 5 nitrogen and oxygen atoms in total. The number of fused-ring (bicyclic) bond motifs is 3. The molecular formula is C25H23BrN2O3. The van der Waals surface area contributed by atoms with Gasteiger partial charge in [-0.05, 0) is 48.6 Å². The van der Waals surface area contributed by atoms with Crippen molar-refractivity contribution in [3.63, 3.8) is 0 Å². The lowest BCUT2D eigenvalue weighted by Gasteiger charge is -2.33. The largest absolute Gasteiger partial charge is 0.465 e. The maximum absolute atomic E-state index is 12.3. The molecule has 158 valence electrons. The van der Waals surface area contributed by atoms with Gasteiger partial charge in [0.2, 0.25) is 0 Å². The number of ether oxygens (including phenoxy) is 2. The summed E-state index contributed by atoms with van der Waals surface area (Å²) in [7, 11) is 1.40. The minimum absolute atomic E-state index is 0.106. The van der Waals surface area contributed by atoms with Crippen molar-refractivity contribution in [2.45, 2.75) is 18.9 Å². The fourth-order valence-corrected chi connectivity index (χ4v) is 5.07. The van der Waals surface area contributed by atoms with Crippen LogP contribution >= 0.6 is 15.9 Å². The van der Waals surface area contributed by atoms with Crippen LogP contribution in [-0.2, 0) is 9.47 Å². The molecule has 0 aliphatic carbocycles. The number of hydrogen-bond acceptors (Lipinski definition) is 4. The molecule has 0 spiro atoms. The maximum Gasteiger partial charge on any atom is 0.339 e. The number of benzene rings is 2. The van der Waals surface area contributed by atoms with Crippen molar-refractivity contribution < 1.29 is 14.3 Å². The van der Waals surface area contributed by atoms with Crippen LogP contribution in [0.25, 0.3) is 21.9 Å². The van der Waals surface area contributed by atoms with Gasteiger partial charge in [-0.2, -0.15) is 0 Å². The molecular weight excluding hydrogens is 456 g/mol. The van der Waals surface area contributed by atoms with Crippen molar-refractivity contribution in [1.29, 1.82) is 0 Å². The molecule has 5 rings (SSSR count). The summed E-state index contributed by atoms with van der Waals surface area (Å²) in [5, 5.41) is 1.07. The molecule has 0 unspecified atom stereocenters. The van der Waals surface area contributed by atoms with Gasteiger partial charge in [-0.1, -0.05) is 46.3 Å². The first-order chi connectivity index (χ1) is 15.2. The molecule has 1 saturated heterocycles. The van der Waals surface area contributed by atoms with Crippen LogP contribution in [0.5, 0.6) is 0 Å². The topological polar surface area (TPSA) is 53.3 Å². The number of methoxy groups -OCH3 is 1. The van der Waals surface area contributed by atoms with Gasteiger partial charge in [-0.25, -0.2) is 4.79 Å². The zero-order valence-electron chi connectivity index (χ0n) is 17.3. The van der Waals surface area contributed by atoms with Crippen LogP contribution < -0.4 is 0 Å². The van der Waals surface area contributed by atoms with Gasteiger partial charge in [0.1, 0.15) is 0 Å². The molecule has 1 aliphatic rings. The Balaban J connectivity index is 1.83. The molecule has 2 aromatic heterocycles. The molecule has 4 aromatic rings. The Hall–Kier alpha value is -2.70. The van der Waals surface area contributed by atoms with Gasteiger partial charge >= 0.3 is 5.97 Å². The summed E-state index contributed by atoms with van der Waals surface area (Å²) in [5.74, 6) is 0.0328. The quantitative estimate of drug-likeness (QED) is 0.350. The first-order valence-electron chi connectivity index (χ1n) is 10.5. The fraction of sp³-hybridized carbons (Fsp3) is 0.280. The van der Waals surface area contributed by atoms with E-state index >= 15 is 0 Å². The van der Waals surface area contributed by atoms with E-state index in [0.29, 0.717) is 11.5 Å². The number of nitrogens with zero attached hydrogens (tertiary/aromatic N) is 2. The average molecular weight is 479 g/mol. The Morgan fingerprint density at radius 1 is 1.13 bits per heavy atom. The fourth-order valence-electron chi connectivity index (χ4n) is 4.72. The molecule has 0 N–H and O–H groups in total. The molecule has 0 saturated carbocycles. The van der Waals surface area contributed by atoms with E-state index in [1.807, 2.05) is 18.2 Å². The van der Waals surface area contributed by atoms with Crippen molar-refractivity contribution in [1.82, 2.24) is 9.55 Å². The van der Waals surface area contributed by atoms with E-state index in [1.54, 1.807) is 6.20 Å². The van der Waals surface area contributed by atoms with E-state index in [2.05, 4.69) is 61.9 Å². The van der Waals surface area contributed by atoms with Crippen molar-refractivity contribution in [2.24, 2.45) is 5.92 Å². The number of rotatable bonds is 4. The first-order valence-corrected chi connectivity index (χ1v) is 11.3. The maximum atomic E-state index is 12.3. The van der Waals surface area contributed by atoms with Gasteiger partial charge in [-0.15, -0.1) is 0 Å². The molecule has 3 heterocycles. The molecule has 1 atom stereocenters. The van der Waals surface area contributed by atoms with E-state index < -0.39 is 0 Å². The average Bonchev–Trinajstić information content (AvgIpc) is 3.13. The second-order valence-corrected chi connectivity index (χ2v) is 8.84. The number of esters is 1. The van der Waals surface area contributed by atoms with Crippen LogP contribution in [-0.4, -0.2) is 35.8 Å². The van der Waals surface area contributed by atoms with Crippen LogP contribution in [0.2, 0.25) is 0 Å². The molecule has 31 heavy (non-hydrogen) atoms. The molecule has 1 aliphatic heterocycles. The standard InChI is InChI=1S/C25H23BrN2O3/c1-30-25(29)18-13-22-23(27-15-18)20-8-7-19(26)14-21(20)28(22)24(16-5-3-2-4-6-16)17-9-11-31-12-10-17/h2-8,13-15,17,24H,9-12H2,1H3/t24-/m1/s1. The van der Waals surface area contributed by atoms with Crippen molar-refractivity contribution in [3.05, 3.63) is 76.4 Å². The highest BCUT2D eigenvalue weighted by atomic mass is 79.9. The number of halogens is 1. The lowest BCUT2D eigenvalue weighted by Crippen LogP contribution is -2.27. The van der Waals surface area contributed by atoms with E-state index in [9.17, 15) is 4.79 Å². The molecule has 2 aromatic carbocycles. The third-order valence-electron chi connectivity index (χ3n) is 6.15. The minimum Gasteiger partial charge on any atom is -0.465 e. The van der Waals surface area contributed by atoms with Crippen molar-refractivity contribution in [2.75, 3.05) is 20.3 Å².